The number of aryl methyl sites for hydroxylation is 1. The van der Waals surface area contributed by atoms with Crippen molar-refractivity contribution in [2.45, 2.75) is 16.7 Å². The topological polar surface area (TPSA) is 37.3 Å². The second-order valence-corrected chi connectivity index (χ2v) is 5.36. The average Bonchev–Trinajstić information content (AvgIpc) is 2.32. The van der Waals surface area contributed by atoms with Crippen LogP contribution in [0.4, 0.5) is 0 Å². The van der Waals surface area contributed by atoms with Crippen molar-refractivity contribution in [3.63, 3.8) is 0 Å². The number of carboxylic acid groups (broad SMARTS) is 1. The zero-order chi connectivity index (χ0) is 13.1. The van der Waals surface area contributed by atoms with E-state index in [2.05, 4.69) is 0 Å². The molecule has 2 aromatic carbocycles. The van der Waals surface area contributed by atoms with E-state index in [0.29, 0.717) is 4.90 Å². The lowest BCUT2D eigenvalue weighted by Gasteiger charge is -2.07. The lowest BCUT2D eigenvalue weighted by molar-refractivity contribution is 0.0693. The highest BCUT2D eigenvalue weighted by molar-refractivity contribution is 7.99. The third kappa shape index (κ3) is 2.86. The van der Waals surface area contributed by atoms with Crippen molar-refractivity contribution >= 4 is 29.3 Å². The number of hydrogen-bond acceptors (Lipinski definition) is 2. The first-order valence-corrected chi connectivity index (χ1v) is 6.53. The van der Waals surface area contributed by atoms with Gasteiger partial charge in [0, 0.05) is 9.79 Å². The number of carboxylic acids is 1. The molecule has 0 aliphatic carbocycles. The number of halogens is 1. The van der Waals surface area contributed by atoms with Gasteiger partial charge >= 0.3 is 5.97 Å². The maximum Gasteiger partial charge on any atom is 0.338 e. The monoisotopic (exact) mass is 278 g/mol. The first kappa shape index (κ1) is 13.0. The van der Waals surface area contributed by atoms with Crippen LogP contribution in [-0.2, 0) is 0 Å². The largest absolute Gasteiger partial charge is 0.478 e. The van der Waals surface area contributed by atoms with Gasteiger partial charge in [0.1, 0.15) is 0 Å². The Morgan fingerprint density at radius 1 is 1.17 bits per heavy atom. The third-order valence-corrected chi connectivity index (χ3v) is 3.82. The Morgan fingerprint density at radius 3 is 2.44 bits per heavy atom. The molecule has 0 aliphatic rings. The highest BCUT2D eigenvalue weighted by Gasteiger charge is 2.14. The molecule has 2 nitrogen and oxygen atoms in total. The molecule has 4 heteroatoms. The molecule has 0 amide bonds. The van der Waals surface area contributed by atoms with Gasteiger partial charge in [-0.15, -0.1) is 0 Å². The SMILES string of the molecule is Cc1ccc(Sc2cccc(Cl)c2C(=O)O)cc1. The van der Waals surface area contributed by atoms with Crippen LogP contribution in [0.25, 0.3) is 0 Å². The van der Waals surface area contributed by atoms with E-state index in [4.69, 9.17) is 11.6 Å². The first-order chi connectivity index (χ1) is 8.58. The molecule has 0 spiro atoms. The summed E-state index contributed by atoms with van der Waals surface area (Å²) in [5.74, 6) is -1.00. The fourth-order valence-corrected chi connectivity index (χ4v) is 2.81. The van der Waals surface area contributed by atoms with Crippen LogP contribution < -0.4 is 0 Å². The molecule has 0 bridgehead atoms. The van der Waals surface area contributed by atoms with E-state index in [1.54, 1.807) is 18.2 Å². The minimum absolute atomic E-state index is 0.157. The average molecular weight is 279 g/mol. The summed E-state index contributed by atoms with van der Waals surface area (Å²) in [5, 5.41) is 9.43. The highest BCUT2D eigenvalue weighted by Crippen LogP contribution is 2.33. The second-order valence-electron chi connectivity index (χ2n) is 3.83. The molecular weight excluding hydrogens is 268 g/mol. The van der Waals surface area contributed by atoms with Crippen molar-refractivity contribution in [1.29, 1.82) is 0 Å². The molecule has 0 saturated heterocycles. The molecule has 0 aromatic heterocycles. The fraction of sp³-hybridized carbons (Fsp3) is 0.0714. The zero-order valence-corrected chi connectivity index (χ0v) is 11.3. The Balaban J connectivity index is 2.37. The molecule has 0 atom stereocenters. The molecule has 1 N–H and O–H groups in total. The molecular formula is C14H11ClO2S. The molecule has 18 heavy (non-hydrogen) atoms. The van der Waals surface area contributed by atoms with Crippen LogP contribution in [0.1, 0.15) is 15.9 Å². The first-order valence-electron chi connectivity index (χ1n) is 5.34. The van der Waals surface area contributed by atoms with E-state index < -0.39 is 5.97 Å². The van der Waals surface area contributed by atoms with Crippen LogP contribution in [0.5, 0.6) is 0 Å². The van der Waals surface area contributed by atoms with Gasteiger partial charge in [-0.3, -0.25) is 0 Å². The van der Waals surface area contributed by atoms with E-state index in [1.807, 2.05) is 31.2 Å². The van der Waals surface area contributed by atoms with Crippen molar-refractivity contribution < 1.29 is 9.90 Å². The summed E-state index contributed by atoms with van der Waals surface area (Å²) in [6.07, 6.45) is 0. The molecule has 0 heterocycles. The van der Waals surface area contributed by atoms with E-state index in [0.717, 1.165) is 4.90 Å². The van der Waals surface area contributed by atoms with E-state index in [9.17, 15) is 9.90 Å². The van der Waals surface area contributed by atoms with Gasteiger partial charge in [0.05, 0.1) is 10.6 Å². The van der Waals surface area contributed by atoms with Gasteiger partial charge in [-0.2, -0.15) is 0 Å². The smallest absolute Gasteiger partial charge is 0.338 e. The fourth-order valence-electron chi connectivity index (χ4n) is 1.53. The predicted octanol–water partition coefficient (Wildman–Crippen LogP) is 4.50. The number of aromatic carboxylic acids is 1. The summed E-state index contributed by atoms with van der Waals surface area (Å²) in [4.78, 5) is 12.8. The second kappa shape index (κ2) is 5.46. The van der Waals surface area contributed by atoms with E-state index in [1.165, 1.54) is 17.3 Å². The van der Waals surface area contributed by atoms with Crippen LogP contribution in [0.3, 0.4) is 0 Å². The van der Waals surface area contributed by atoms with Crippen molar-refractivity contribution in [3.8, 4) is 0 Å². The predicted molar refractivity (Wildman–Crippen MR) is 73.7 cm³/mol. The van der Waals surface area contributed by atoms with Crippen LogP contribution in [0.15, 0.2) is 52.3 Å². The van der Waals surface area contributed by atoms with Crippen molar-refractivity contribution in [1.82, 2.24) is 0 Å². The Bertz CT molecular complexity index is 579. The Hall–Kier alpha value is -1.45. The van der Waals surface area contributed by atoms with Crippen LogP contribution >= 0.6 is 23.4 Å². The lowest BCUT2D eigenvalue weighted by Crippen LogP contribution is -1.99. The van der Waals surface area contributed by atoms with Crippen molar-refractivity contribution in [3.05, 3.63) is 58.6 Å². The zero-order valence-electron chi connectivity index (χ0n) is 9.68. The Labute approximate surface area is 115 Å². The molecule has 92 valence electrons. The molecule has 0 unspecified atom stereocenters. The minimum Gasteiger partial charge on any atom is -0.478 e. The van der Waals surface area contributed by atoms with Gasteiger partial charge in [0.2, 0.25) is 0 Å². The standard InChI is InChI=1S/C14H11ClO2S/c1-9-5-7-10(8-6-9)18-12-4-2-3-11(15)13(12)14(16)17/h2-8H,1H3,(H,16,17). The van der Waals surface area contributed by atoms with Crippen molar-refractivity contribution in [2.24, 2.45) is 0 Å². The van der Waals surface area contributed by atoms with Crippen LogP contribution in [-0.4, -0.2) is 11.1 Å². The number of carbonyl (C=O) groups is 1. The van der Waals surface area contributed by atoms with Gasteiger partial charge in [-0.05, 0) is 31.2 Å². The molecule has 0 saturated carbocycles. The molecule has 0 aliphatic heterocycles. The molecule has 0 radical (unpaired) electrons. The Kier molecular flexibility index (Phi) is 3.94. The normalized spacial score (nSPS) is 10.3. The van der Waals surface area contributed by atoms with Gasteiger partial charge in [0.25, 0.3) is 0 Å². The van der Waals surface area contributed by atoms with E-state index >= 15 is 0 Å². The molecule has 2 aromatic rings. The quantitative estimate of drug-likeness (QED) is 0.898. The maximum atomic E-state index is 11.2. The van der Waals surface area contributed by atoms with E-state index in [-0.39, 0.29) is 10.6 Å². The maximum absolute atomic E-state index is 11.2. The summed E-state index contributed by atoms with van der Waals surface area (Å²) in [6, 6.07) is 13.0. The Morgan fingerprint density at radius 2 is 1.83 bits per heavy atom. The third-order valence-electron chi connectivity index (χ3n) is 2.44. The van der Waals surface area contributed by atoms with Gasteiger partial charge < -0.3 is 5.11 Å². The van der Waals surface area contributed by atoms with Gasteiger partial charge in [-0.1, -0.05) is 47.1 Å². The molecule has 2 rings (SSSR count). The molecule has 0 fully saturated rings. The summed E-state index contributed by atoms with van der Waals surface area (Å²) in [5.41, 5.74) is 1.33. The van der Waals surface area contributed by atoms with Gasteiger partial charge in [-0.25, -0.2) is 4.79 Å². The lowest BCUT2D eigenvalue weighted by atomic mass is 10.2. The highest BCUT2D eigenvalue weighted by atomic mass is 35.5. The minimum atomic E-state index is -1.00. The van der Waals surface area contributed by atoms with Crippen LogP contribution in [0.2, 0.25) is 5.02 Å². The number of hydrogen-bond donors (Lipinski definition) is 1. The van der Waals surface area contributed by atoms with Crippen LogP contribution in [0, 0.1) is 6.92 Å². The van der Waals surface area contributed by atoms with Crippen molar-refractivity contribution in [2.75, 3.05) is 0 Å². The number of rotatable bonds is 3. The summed E-state index contributed by atoms with van der Waals surface area (Å²) in [6.45, 7) is 2.01. The summed E-state index contributed by atoms with van der Waals surface area (Å²) in [7, 11) is 0. The summed E-state index contributed by atoms with van der Waals surface area (Å²) < 4.78 is 0. The van der Waals surface area contributed by atoms with Gasteiger partial charge in [0.15, 0.2) is 0 Å². The number of benzene rings is 2. The summed E-state index contributed by atoms with van der Waals surface area (Å²) >= 11 is 7.32.